The highest BCUT2D eigenvalue weighted by Gasteiger charge is 2.40. The lowest BCUT2D eigenvalue weighted by molar-refractivity contribution is -0.141. The van der Waals surface area contributed by atoms with Crippen molar-refractivity contribution in [1.29, 1.82) is 0 Å². The molecule has 0 saturated heterocycles. The van der Waals surface area contributed by atoms with Gasteiger partial charge in [0.1, 0.15) is 5.82 Å². The zero-order valence-electron chi connectivity index (χ0n) is 11.1. The van der Waals surface area contributed by atoms with Gasteiger partial charge in [-0.2, -0.15) is 13.2 Å². The summed E-state index contributed by atoms with van der Waals surface area (Å²) in [5.41, 5.74) is -0.899. The molecule has 1 aromatic heterocycles. The number of rotatable bonds is 1. The summed E-state index contributed by atoms with van der Waals surface area (Å²) >= 11 is 0. The van der Waals surface area contributed by atoms with E-state index in [4.69, 9.17) is 0 Å². The third kappa shape index (κ3) is 2.64. The first-order valence-corrected chi connectivity index (χ1v) is 5.60. The van der Waals surface area contributed by atoms with Gasteiger partial charge in [0, 0.05) is 12.5 Å². The van der Waals surface area contributed by atoms with Crippen molar-refractivity contribution in [2.45, 2.75) is 52.1 Å². The Labute approximate surface area is 99.9 Å². The van der Waals surface area contributed by atoms with Gasteiger partial charge in [-0.05, 0) is 5.92 Å². The smallest absolute Gasteiger partial charge is 0.334 e. The van der Waals surface area contributed by atoms with Gasteiger partial charge in [0.25, 0.3) is 0 Å². The zero-order valence-corrected chi connectivity index (χ0v) is 11.1. The minimum Gasteiger partial charge on any atom is -0.334 e. The lowest BCUT2D eigenvalue weighted by Crippen LogP contribution is -2.18. The molecule has 5 heteroatoms. The molecule has 1 aromatic rings. The SMILES string of the molecule is CC(C)c1c(C(F)(F)F)nc(C(C)(C)C)n1C. The van der Waals surface area contributed by atoms with Crippen molar-refractivity contribution < 1.29 is 13.2 Å². The Hall–Kier alpha value is -1.00. The number of hydrogen-bond acceptors (Lipinski definition) is 1. The Morgan fingerprint density at radius 3 is 1.82 bits per heavy atom. The lowest BCUT2D eigenvalue weighted by atomic mass is 9.96. The van der Waals surface area contributed by atoms with Crippen LogP contribution in [0.3, 0.4) is 0 Å². The normalized spacial score (nSPS) is 13.5. The van der Waals surface area contributed by atoms with E-state index < -0.39 is 17.3 Å². The first-order chi connectivity index (χ1) is 7.46. The molecule has 0 N–H and O–H groups in total. The Morgan fingerprint density at radius 1 is 1.12 bits per heavy atom. The van der Waals surface area contributed by atoms with Crippen LogP contribution in [0.15, 0.2) is 0 Å². The summed E-state index contributed by atoms with van der Waals surface area (Å²) in [7, 11) is 1.65. The van der Waals surface area contributed by atoms with Crippen molar-refractivity contribution in [2.75, 3.05) is 0 Å². The predicted molar refractivity (Wildman–Crippen MR) is 61.0 cm³/mol. The Bertz CT molecular complexity index is 409. The van der Waals surface area contributed by atoms with Crippen molar-refractivity contribution in [2.24, 2.45) is 7.05 Å². The lowest BCUT2D eigenvalue weighted by Gasteiger charge is -2.19. The van der Waals surface area contributed by atoms with Gasteiger partial charge in [0.15, 0.2) is 5.69 Å². The average molecular weight is 248 g/mol. The molecule has 0 aliphatic heterocycles. The number of nitrogens with zero attached hydrogens (tertiary/aromatic N) is 2. The maximum Gasteiger partial charge on any atom is 0.435 e. The van der Waals surface area contributed by atoms with Gasteiger partial charge >= 0.3 is 6.18 Å². The highest BCUT2D eigenvalue weighted by molar-refractivity contribution is 5.25. The van der Waals surface area contributed by atoms with E-state index in [2.05, 4.69) is 4.98 Å². The molecule has 0 radical (unpaired) electrons. The molecule has 0 aromatic carbocycles. The molecule has 0 atom stereocenters. The topological polar surface area (TPSA) is 17.8 Å². The second-order valence-electron chi connectivity index (χ2n) is 5.63. The Balaban J connectivity index is 3.52. The molecule has 17 heavy (non-hydrogen) atoms. The summed E-state index contributed by atoms with van der Waals surface area (Å²) < 4.78 is 40.3. The van der Waals surface area contributed by atoms with Gasteiger partial charge in [-0.1, -0.05) is 34.6 Å². The summed E-state index contributed by atoms with van der Waals surface area (Å²) in [5.74, 6) is 0.258. The van der Waals surface area contributed by atoms with E-state index in [0.29, 0.717) is 5.82 Å². The number of alkyl halides is 3. The van der Waals surface area contributed by atoms with Crippen molar-refractivity contribution in [3.05, 3.63) is 17.2 Å². The van der Waals surface area contributed by atoms with Crippen molar-refractivity contribution in [3.8, 4) is 0 Å². The molecule has 2 nitrogen and oxygen atoms in total. The molecule has 0 aliphatic carbocycles. The first kappa shape index (κ1) is 14.1. The fourth-order valence-electron chi connectivity index (χ4n) is 2.05. The molecule has 0 fully saturated rings. The largest absolute Gasteiger partial charge is 0.435 e. The molecule has 0 spiro atoms. The van der Waals surface area contributed by atoms with Crippen molar-refractivity contribution in [3.63, 3.8) is 0 Å². The molecule has 0 bridgehead atoms. The summed E-state index contributed by atoms with van der Waals surface area (Å²) in [6, 6.07) is 0. The highest BCUT2D eigenvalue weighted by Crippen LogP contribution is 2.37. The monoisotopic (exact) mass is 248 g/mol. The maximum atomic E-state index is 12.9. The Kier molecular flexibility index (Phi) is 3.34. The number of halogens is 3. The molecule has 0 saturated carbocycles. The molecular formula is C12H19F3N2. The second kappa shape index (κ2) is 4.03. The summed E-state index contributed by atoms with van der Waals surface area (Å²) in [5, 5.41) is 0. The van der Waals surface area contributed by atoms with Crippen LogP contribution in [0.4, 0.5) is 13.2 Å². The van der Waals surface area contributed by atoms with E-state index in [9.17, 15) is 13.2 Å². The van der Waals surface area contributed by atoms with Crippen LogP contribution in [0.1, 0.15) is 57.7 Å². The van der Waals surface area contributed by atoms with Crippen LogP contribution in [0.2, 0.25) is 0 Å². The standard InChI is InChI=1S/C12H19F3N2/c1-7(2)8-9(12(13,14)15)16-10(17(8)6)11(3,4)5/h7H,1-6H3. The fraction of sp³-hybridized carbons (Fsp3) is 0.750. The van der Waals surface area contributed by atoms with Gasteiger partial charge in [-0.3, -0.25) is 0 Å². The number of imidazole rings is 1. The highest BCUT2D eigenvalue weighted by atomic mass is 19.4. The summed E-state index contributed by atoms with van der Waals surface area (Å²) in [6.45, 7) is 9.08. The molecule has 0 unspecified atom stereocenters. The van der Waals surface area contributed by atoms with E-state index in [1.807, 2.05) is 20.8 Å². The van der Waals surface area contributed by atoms with Crippen LogP contribution in [-0.2, 0) is 18.6 Å². The number of aromatic nitrogens is 2. The molecule has 1 rings (SSSR count). The van der Waals surface area contributed by atoms with Gasteiger partial charge < -0.3 is 4.57 Å². The fourth-order valence-corrected chi connectivity index (χ4v) is 2.05. The van der Waals surface area contributed by atoms with Crippen molar-refractivity contribution in [1.82, 2.24) is 9.55 Å². The molecular weight excluding hydrogens is 229 g/mol. The van der Waals surface area contributed by atoms with Gasteiger partial charge in [-0.25, -0.2) is 4.98 Å². The van der Waals surface area contributed by atoms with Gasteiger partial charge in [-0.15, -0.1) is 0 Å². The third-order valence-corrected chi connectivity index (χ3v) is 2.63. The third-order valence-electron chi connectivity index (χ3n) is 2.63. The Morgan fingerprint density at radius 2 is 1.59 bits per heavy atom. The van der Waals surface area contributed by atoms with Gasteiger partial charge in [0.05, 0.1) is 5.69 Å². The van der Waals surface area contributed by atoms with Crippen LogP contribution >= 0.6 is 0 Å². The predicted octanol–water partition coefficient (Wildman–Crippen LogP) is 3.86. The van der Waals surface area contributed by atoms with Crippen LogP contribution in [0, 0.1) is 0 Å². The maximum absolute atomic E-state index is 12.9. The first-order valence-electron chi connectivity index (χ1n) is 5.60. The zero-order chi connectivity index (χ0) is 13.6. The van der Waals surface area contributed by atoms with Gasteiger partial charge in [0.2, 0.25) is 0 Å². The molecule has 0 amide bonds. The van der Waals surface area contributed by atoms with Crippen LogP contribution in [-0.4, -0.2) is 9.55 Å². The van der Waals surface area contributed by atoms with E-state index in [1.165, 1.54) is 0 Å². The van der Waals surface area contributed by atoms with Crippen LogP contribution < -0.4 is 0 Å². The van der Waals surface area contributed by atoms with E-state index in [1.54, 1.807) is 25.5 Å². The van der Waals surface area contributed by atoms with E-state index in [-0.39, 0.29) is 11.6 Å². The van der Waals surface area contributed by atoms with Crippen molar-refractivity contribution >= 4 is 0 Å². The minimum absolute atomic E-state index is 0.208. The summed E-state index contributed by atoms with van der Waals surface area (Å²) in [4.78, 5) is 3.81. The molecule has 98 valence electrons. The molecule has 1 heterocycles. The summed E-state index contributed by atoms with van der Waals surface area (Å²) in [6.07, 6.45) is -4.39. The van der Waals surface area contributed by atoms with Crippen LogP contribution in [0.25, 0.3) is 0 Å². The van der Waals surface area contributed by atoms with Crippen LogP contribution in [0.5, 0.6) is 0 Å². The van der Waals surface area contributed by atoms with E-state index >= 15 is 0 Å². The number of hydrogen-bond donors (Lipinski definition) is 0. The minimum atomic E-state index is -4.39. The molecule has 0 aliphatic rings. The average Bonchev–Trinajstić information content (AvgIpc) is 2.40. The second-order valence-corrected chi connectivity index (χ2v) is 5.63. The van der Waals surface area contributed by atoms with E-state index in [0.717, 1.165) is 0 Å². The quantitative estimate of drug-likeness (QED) is 0.738.